The Kier molecular flexibility index (Phi) is 16.0. The van der Waals surface area contributed by atoms with Crippen LogP contribution < -0.4 is 10.6 Å². The van der Waals surface area contributed by atoms with E-state index < -0.39 is 16.0 Å². The van der Waals surface area contributed by atoms with Gasteiger partial charge in [-0.05, 0) is 24.3 Å². The molecule has 0 amide bonds. The fourth-order valence-corrected chi connectivity index (χ4v) is 4.36. The van der Waals surface area contributed by atoms with Gasteiger partial charge in [0.2, 0.25) is 0 Å². The van der Waals surface area contributed by atoms with Crippen molar-refractivity contribution >= 4 is 26.6 Å². The Hall–Kier alpha value is -0.407. The summed E-state index contributed by atoms with van der Waals surface area (Å²) in [6.45, 7) is 19.6. The van der Waals surface area contributed by atoms with Crippen molar-refractivity contribution in [2.45, 2.75) is 33.0 Å². The van der Waals surface area contributed by atoms with Crippen molar-refractivity contribution < 1.29 is 16.8 Å². The molecule has 0 spiro atoms. The van der Waals surface area contributed by atoms with Crippen LogP contribution in [0.5, 0.6) is 0 Å². The Labute approximate surface area is 163 Å². The van der Waals surface area contributed by atoms with Gasteiger partial charge < -0.3 is 20.4 Å². The molecule has 0 aliphatic carbocycles. The third kappa shape index (κ3) is 12.9. The van der Waals surface area contributed by atoms with E-state index in [-0.39, 0.29) is 16.8 Å². The monoisotopic (exact) mass is 403 g/mol. The molecule has 0 aliphatic rings. The smallest absolute Gasteiger partial charge is 0.346 e. The summed E-state index contributed by atoms with van der Waals surface area (Å²) >= 11 is 0. The molecule has 2 aromatic carbocycles. The number of rotatable bonds is 4. The van der Waals surface area contributed by atoms with Gasteiger partial charge >= 0.3 is 16.8 Å². The van der Waals surface area contributed by atoms with Crippen molar-refractivity contribution in [3.05, 3.63) is 81.1 Å². The van der Waals surface area contributed by atoms with Gasteiger partial charge in [-0.3, -0.25) is 0 Å². The Bertz CT molecular complexity index is 449. The van der Waals surface area contributed by atoms with Crippen LogP contribution >= 0.6 is 7.92 Å². The van der Waals surface area contributed by atoms with E-state index in [1.807, 2.05) is 0 Å². The number of hydrogen-bond acceptors (Lipinski definition) is 0. The minimum atomic E-state index is -0.861. The standard InChI is InChI=1S/C15H16P.C4H11Si.C2H5.Co/c1-2-13-16(14-9-5-3-6-10-14)15-11-7-4-8-12-15;1-5(2,3)4;1-2;/h3-12H,1-2,13H2;1H2,2-4H3;1H2,2H3;/q3*-1;+3/p+1. The van der Waals surface area contributed by atoms with Crippen LogP contribution in [0.15, 0.2) is 60.7 Å². The molecule has 0 radical (unpaired) electrons. The van der Waals surface area contributed by atoms with Crippen molar-refractivity contribution in [1.82, 2.24) is 0 Å². The molecule has 0 bridgehead atoms. The Balaban J connectivity index is 0. The molecule has 2 rings (SSSR count). The van der Waals surface area contributed by atoms with Crippen molar-refractivity contribution in [2.75, 3.05) is 6.16 Å². The van der Waals surface area contributed by atoms with Crippen LogP contribution in [0.3, 0.4) is 0 Å². The molecule has 0 saturated heterocycles. The predicted molar refractivity (Wildman–Crippen MR) is 115 cm³/mol. The molecule has 3 heteroatoms. The van der Waals surface area contributed by atoms with Gasteiger partial charge in [-0.2, -0.15) is 6.92 Å². The summed E-state index contributed by atoms with van der Waals surface area (Å²) < 4.78 is 0. The second kappa shape index (κ2) is 14.9. The molecule has 0 nitrogen and oxygen atoms in total. The van der Waals surface area contributed by atoms with Gasteiger partial charge in [0, 0.05) is 6.16 Å². The van der Waals surface area contributed by atoms with Crippen LogP contribution in [-0.2, 0) is 16.8 Å². The molecule has 0 N–H and O–H groups in total. The van der Waals surface area contributed by atoms with Gasteiger partial charge in [0.15, 0.2) is 0 Å². The minimum absolute atomic E-state index is 0. The molecule has 24 heavy (non-hydrogen) atoms. The van der Waals surface area contributed by atoms with Gasteiger partial charge in [-0.25, -0.2) is 0 Å². The van der Waals surface area contributed by atoms with Crippen molar-refractivity contribution in [3.63, 3.8) is 0 Å². The zero-order valence-electron chi connectivity index (χ0n) is 15.6. The first kappa shape index (κ1) is 25.8. The second-order valence-corrected chi connectivity index (χ2v) is 14.1. The molecule has 0 unspecified atom stereocenters. The van der Waals surface area contributed by atoms with Crippen LogP contribution in [0, 0.1) is 20.4 Å². The third-order valence-corrected chi connectivity index (χ3v) is 5.59. The van der Waals surface area contributed by atoms with Crippen LogP contribution in [0.25, 0.3) is 0 Å². The van der Waals surface area contributed by atoms with Gasteiger partial charge in [0.1, 0.15) is 0 Å². The fourth-order valence-electron chi connectivity index (χ4n) is 1.91. The first-order valence-electron chi connectivity index (χ1n) is 8.24. The van der Waals surface area contributed by atoms with E-state index in [4.69, 9.17) is 0 Å². The molecule has 134 valence electrons. The van der Waals surface area contributed by atoms with Gasteiger partial charge in [-0.15, -0.1) is 14.5 Å². The zero-order chi connectivity index (χ0) is 17.7. The van der Waals surface area contributed by atoms with Gasteiger partial charge in [0.05, 0.1) is 18.5 Å². The molecule has 0 saturated carbocycles. The summed E-state index contributed by atoms with van der Waals surface area (Å²) in [5.41, 5.74) is 0. The van der Waals surface area contributed by atoms with Gasteiger partial charge in [0.25, 0.3) is 0 Å². The summed E-state index contributed by atoms with van der Waals surface area (Å²) in [7, 11) is -1.47. The summed E-state index contributed by atoms with van der Waals surface area (Å²) in [5.74, 6) is 0. The average Bonchev–Trinajstić information content (AvgIpc) is 2.55. The van der Waals surface area contributed by atoms with Crippen LogP contribution in [-0.4, -0.2) is 14.2 Å². The van der Waals surface area contributed by atoms with E-state index in [9.17, 15) is 0 Å². The van der Waals surface area contributed by atoms with Gasteiger partial charge in [-0.1, -0.05) is 56.0 Å². The van der Waals surface area contributed by atoms with E-state index >= 15 is 0 Å². The molecule has 0 heterocycles. The van der Waals surface area contributed by atoms with Crippen LogP contribution in [0.1, 0.15) is 13.3 Å². The molecule has 2 aromatic rings. The maximum Gasteiger partial charge on any atom is 3.00 e. The molecule has 0 aromatic heterocycles. The fraction of sp³-hybridized carbons (Fsp3) is 0.286. The van der Waals surface area contributed by atoms with Crippen molar-refractivity contribution in [1.29, 1.82) is 0 Å². The quantitative estimate of drug-likeness (QED) is 0.354. The SMILES string of the molecule is [CH2-]C.[CH2-]CC[PH+](c1ccccc1)c1ccccc1.[CH2-][Si](C)(C)C.[Co+3]. The average molecular weight is 403 g/mol. The number of benzene rings is 2. The Morgan fingerprint density at radius 2 is 1.08 bits per heavy atom. The first-order chi connectivity index (χ1) is 10.9. The van der Waals surface area contributed by atoms with Crippen molar-refractivity contribution in [2.24, 2.45) is 0 Å². The molecule has 0 aliphatic heterocycles. The Morgan fingerprint density at radius 3 is 1.33 bits per heavy atom. The van der Waals surface area contributed by atoms with E-state index in [0.29, 0.717) is 0 Å². The summed E-state index contributed by atoms with van der Waals surface area (Å²) in [6, 6.07) is 21.7. The third-order valence-electron chi connectivity index (χ3n) is 2.67. The number of hydrogen-bond donors (Lipinski definition) is 0. The van der Waals surface area contributed by atoms with Crippen LogP contribution in [0.2, 0.25) is 19.6 Å². The maximum absolute atomic E-state index is 4.00. The normalized spacial score (nSPS) is 9.83. The zero-order valence-corrected chi connectivity index (χ0v) is 18.7. The van der Waals surface area contributed by atoms with E-state index in [1.165, 1.54) is 16.8 Å². The topological polar surface area (TPSA) is 0 Å². The second-order valence-electron chi connectivity index (χ2n) is 6.37. The van der Waals surface area contributed by atoms with E-state index in [0.717, 1.165) is 6.42 Å². The van der Waals surface area contributed by atoms with E-state index in [1.54, 1.807) is 6.92 Å². The predicted octanol–water partition coefficient (Wildman–Crippen LogP) is 5.61. The minimum Gasteiger partial charge on any atom is -0.346 e. The molecule has 0 fully saturated rings. The maximum atomic E-state index is 4.00. The molecular formula is C21H33CoPSi+. The Morgan fingerprint density at radius 1 is 0.792 bits per heavy atom. The first-order valence-corrected chi connectivity index (χ1v) is 13.6. The summed E-state index contributed by atoms with van der Waals surface area (Å²) in [6.07, 6.45) is 2.22. The van der Waals surface area contributed by atoms with Crippen LogP contribution in [0.4, 0.5) is 0 Å². The summed E-state index contributed by atoms with van der Waals surface area (Å²) in [4.78, 5) is 0. The van der Waals surface area contributed by atoms with E-state index in [2.05, 4.69) is 101 Å². The molecule has 0 atom stereocenters. The molecular weight excluding hydrogens is 370 g/mol. The summed E-state index contributed by atoms with van der Waals surface area (Å²) in [5, 5.41) is 2.98. The largest absolute Gasteiger partial charge is 3.00 e. The van der Waals surface area contributed by atoms with Crippen molar-refractivity contribution in [3.8, 4) is 0 Å².